The Balaban J connectivity index is 1.51. The van der Waals surface area contributed by atoms with Gasteiger partial charge in [-0.1, -0.05) is 51.1 Å². The number of nitrogens with zero attached hydrogens (tertiary/aromatic N) is 2. The first-order valence-corrected chi connectivity index (χ1v) is 20.5. The number of alkyl halides is 1. The summed E-state index contributed by atoms with van der Waals surface area (Å²) in [5.41, 5.74) is 2.58. The van der Waals surface area contributed by atoms with Gasteiger partial charge in [-0.3, -0.25) is 19.3 Å². The molecule has 0 aromatic heterocycles. The van der Waals surface area contributed by atoms with Crippen LogP contribution in [0.5, 0.6) is 5.75 Å². The summed E-state index contributed by atoms with van der Waals surface area (Å²) < 4.78 is 27.9. The molecular weight excluding hydrogens is 752 g/mol. The van der Waals surface area contributed by atoms with Crippen LogP contribution in [0.15, 0.2) is 42.5 Å². The minimum absolute atomic E-state index is 0.128. The molecule has 0 unspecified atom stereocenters. The Morgan fingerprint density at radius 2 is 1.53 bits per heavy atom. The fourth-order valence-corrected chi connectivity index (χ4v) is 6.96. The maximum absolute atomic E-state index is 14.8. The second-order valence-corrected chi connectivity index (χ2v) is 17.1. The van der Waals surface area contributed by atoms with Gasteiger partial charge >= 0.3 is 6.09 Å². The topological polar surface area (TPSA) is 145 Å². The van der Waals surface area contributed by atoms with E-state index < -0.39 is 47.0 Å². The molecular formula is C43H63ClN4O9. The fraction of sp³-hybridized carbons (Fsp3) is 0.628. The van der Waals surface area contributed by atoms with E-state index >= 15 is 0 Å². The summed E-state index contributed by atoms with van der Waals surface area (Å²) in [5, 5.41) is 6.22. The number of benzene rings is 2. The van der Waals surface area contributed by atoms with Gasteiger partial charge in [-0.25, -0.2) is 4.79 Å². The zero-order valence-corrected chi connectivity index (χ0v) is 35.7. The third-order valence-corrected chi connectivity index (χ3v) is 10.2. The summed E-state index contributed by atoms with van der Waals surface area (Å²) in [5.74, 6) is -0.109. The summed E-state index contributed by atoms with van der Waals surface area (Å²) in [4.78, 5) is 58.5. The molecule has 57 heavy (non-hydrogen) atoms. The predicted molar refractivity (Wildman–Crippen MR) is 218 cm³/mol. The second kappa shape index (κ2) is 21.2. The lowest BCUT2D eigenvalue weighted by atomic mass is 9.83. The number of likely N-dealkylation sites (N-methyl/N-ethyl adjacent to an activating group) is 1. The Kier molecular flexibility index (Phi) is 17.0. The highest BCUT2D eigenvalue weighted by molar-refractivity contribution is 6.17. The van der Waals surface area contributed by atoms with E-state index in [1.165, 1.54) is 17.5 Å². The lowest BCUT2D eigenvalue weighted by molar-refractivity contribution is -0.147. The number of carbonyl (C=O) groups excluding carboxylic acids is 4. The second-order valence-electron chi connectivity index (χ2n) is 16.7. The van der Waals surface area contributed by atoms with Crippen LogP contribution in [0.1, 0.15) is 89.6 Å². The van der Waals surface area contributed by atoms with Crippen molar-refractivity contribution in [1.29, 1.82) is 0 Å². The lowest BCUT2D eigenvalue weighted by Crippen LogP contribution is -2.62. The number of fused-ring (bicyclic) bond motifs is 2. The van der Waals surface area contributed by atoms with E-state index in [4.69, 9.17) is 35.3 Å². The van der Waals surface area contributed by atoms with Crippen molar-refractivity contribution in [2.75, 3.05) is 59.2 Å². The van der Waals surface area contributed by atoms with Crippen molar-refractivity contribution in [2.24, 2.45) is 5.41 Å². The fourth-order valence-electron chi connectivity index (χ4n) is 6.85. The minimum Gasteiger partial charge on any atom is -0.491 e. The smallest absolute Gasteiger partial charge is 0.410 e. The van der Waals surface area contributed by atoms with Gasteiger partial charge in [-0.15, -0.1) is 11.6 Å². The zero-order chi connectivity index (χ0) is 41.8. The molecule has 1 aliphatic heterocycles. The van der Waals surface area contributed by atoms with Crippen LogP contribution < -0.4 is 15.4 Å². The van der Waals surface area contributed by atoms with E-state index in [9.17, 15) is 19.2 Å². The average molecular weight is 815 g/mol. The molecule has 0 bridgehead atoms. The summed E-state index contributed by atoms with van der Waals surface area (Å²) in [6.45, 7) is 15.5. The number of nitrogens with one attached hydrogen (secondary N) is 2. The molecule has 4 amide bonds. The molecule has 2 aromatic rings. The highest BCUT2D eigenvalue weighted by Gasteiger charge is 2.43. The zero-order valence-electron chi connectivity index (χ0n) is 35.0. The van der Waals surface area contributed by atoms with Crippen molar-refractivity contribution >= 4 is 35.4 Å². The summed E-state index contributed by atoms with van der Waals surface area (Å²) in [6, 6.07) is 10.9. The number of halogens is 1. The van der Waals surface area contributed by atoms with E-state index in [0.29, 0.717) is 57.9 Å². The minimum atomic E-state index is -1.02. The molecule has 1 heterocycles. The van der Waals surface area contributed by atoms with Gasteiger partial charge in [0.2, 0.25) is 17.7 Å². The maximum Gasteiger partial charge on any atom is 0.410 e. The van der Waals surface area contributed by atoms with Crippen LogP contribution in [0, 0.1) is 5.41 Å². The predicted octanol–water partition coefficient (Wildman–Crippen LogP) is 5.59. The van der Waals surface area contributed by atoms with Crippen LogP contribution in [0.25, 0.3) is 0 Å². The molecule has 4 rings (SSSR count). The van der Waals surface area contributed by atoms with Crippen molar-refractivity contribution in [2.45, 2.75) is 110 Å². The van der Waals surface area contributed by atoms with Crippen LogP contribution in [0.3, 0.4) is 0 Å². The number of aryl methyl sites for hydroxylation is 1. The van der Waals surface area contributed by atoms with Crippen LogP contribution in [0.4, 0.5) is 4.79 Å². The van der Waals surface area contributed by atoms with Crippen molar-refractivity contribution in [3.63, 3.8) is 0 Å². The monoisotopic (exact) mass is 814 g/mol. The number of amides is 4. The van der Waals surface area contributed by atoms with E-state index in [1.54, 1.807) is 32.6 Å². The molecule has 13 nitrogen and oxygen atoms in total. The number of hydrogen-bond donors (Lipinski definition) is 2. The van der Waals surface area contributed by atoms with Gasteiger partial charge in [-0.2, -0.15) is 0 Å². The van der Waals surface area contributed by atoms with Gasteiger partial charge in [0.25, 0.3) is 0 Å². The molecule has 0 radical (unpaired) electrons. The third-order valence-electron chi connectivity index (χ3n) is 10.1. The van der Waals surface area contributed by atoms with Crippen molar-refractivity contribution < 1.29 is 42.9 Å². The first-order chi connectivity index (χ1) is 27.0. The summed E-state index contributed by atoms with van der Waals surface area (Å²) in [6.07, 6.45) is 2.32. The molecule has 1 aliphatic carbocycles. The first kappa shape index (κ1) is 45.8. The standard InChI is InChI=1S/C43H63ClN4O9/c1-29(47(8)41(52)57-43(5,6)7)38(49)46-37(42(2,3)4)40(51)48-28-32-26-33(56-25-24-55-23-22-54-21-20-53-19-18-44)17-16-31(32)27-36(48)39(50)45-35-15-11-13-30-12-9-10-14-34(30)35/h9-10,12,14,16-17,26,29,35-37H,11,13,15,18-25,27-28H2,1-8H3,(H,45,50)(H,46,49)/t29-,35+,36-,37+/m0/s1. The lowest BCUT2D eigenvalue weighted by Gasteiger charge is -2.42. The Bertz CT molecular complexity index is 1660. The van der Waals surface area contributed by atoms with Crippen molar-refractivity contribution in [1.82, 2.24) is 20.4 Å². The number of hydrogen-bond acceptors (Lipinski definition) is 9. The van der Waals surface area contributed by atoms with Crippen molar-refractivity contribution in [3.05, 3.63) is 64.7 Å². The van der Waals surface area contributed by atoms with E-state index in [0.717, 1.165) is 36.0 Å². The van der Waals surface area contributed by atoms with Crippen LogP contribution in [-0.4, -0.2) is 117 Å². The van der Waals surface area contributed by atoms with Gasteiger partial charge < -0.3 is 39.2 Å². The number of rotatable bonds is 18. The molecule has 0 saturated heterocycles. The molecule has 14 heteroatoms. The SMILES string of the molecule is C[C@@H](C(=O)N[C@H](C(=O)N1Cc2cc(OCCOCCOCCOCCCl)ccc2C[C@H]1C(=O)N[C@@H]1CCCc2ccccc21)C(C)(C)C)N(C)C(=O)OC(C)(C)C. The Morgan fingerprint density at radius 3 is 2.18 bits per heavy atom. The average Bonchev–Trinajstić information content (AvgIpc) is 3.16. The Morgan fingerprint density at radius 1 is 0.877 bits per heavy atom. The van der Waals surface area contributed by atoms with Crippen LogP contribution in [0.2, 0.25) is 0 Å². The number of ether oxygens (including phenoxy) is 5. The maximum atomic E-state index is 14.8. The van der Waals surface area contributed by atoms with E-state index in [-0.39, 0.29) is 24.9 Å². The Hall–Kier alpha value is -3.91. The highest BCUT2D eigenvalue weighted by Crippen LogP contribution is 2.33. The highest BCUT2D eigenvalue weighted by atomic mass is 35.5. The number of carbonyl (C=O) groups is 4. The van der Waals surface area contributed by atoms with Crippen LogP contribution >= 0.6 is 11.6 Å². The summed E-state index contributed by atoms with van der Waals surface area (Å²) >= 11 is 5.60. The van der Waals surface area contributed by atoms with E-state index in [1.807, 2.05) is 51.1 Å². The molecule has 316 valence electrons. The molecule has 2 aromatic carbocycles. The van der Waals surface area contributed by atoms with Gasteiger partial charge in [0.1, 0.15) is 36.1 Å². The molecule has 2 N–H and O–H groups in total. The van der Waals surface area contributed by atoms with E-state index in [2.05, 4.69) is 22.8 Å². The quantitative estimate of drug-likeness (QED) is 0.146. The Labute approximate surface area is 343 Å². The van der Waals surface area contributed by atoms with Gasteiger partial charge in [-0.05, 0) is 86.8 Å². The molecule has 0 spiro atoms. The molecule has 2 aliphatic rings. The van der Waals surface area contributed by atoms with Crippen molar-refractivity contribution in [3.8, 4) is 5.75 Å². The molecule has 0 fully saturated rings. The van der Waals surface area contributed by atoms with Crippen LogP contribution in [-0.2, 0) is 52.7 Å². The van der Waals surface area contributed by atoms with Gasteiger partial charge in [0.05, 0.1) is 45.7 Å². The molecule has 0 saturated carbocycles. The normalized spacial score (nSPS) is 17.7. The van der Waals surface area contributed by atoms with Gasteiger partial charge in [0, 0.05) is 25.9 Å². The van der Waals surface area contributed by atoms with Gasteiger partial charge in [0.15, 0.2) is 0 Å². The summed E-state index contributed by atoms with van der Waals surface area (Å²) in [7, 11) is 1.49. The third kappa shape index (κ3) is 13.6. The first-order valence-electron chi connectivity index (χ1n) is 20.0. The molecule has 4 atom stereocenters. The largest absolute Gasteiger partial charge is 0.491 e.